The predicted molar refractivity (Wildman–Crippen MR) is 60.7 cm³/mol. The van der Waals surface area contributed by atoms with Gasteiger partial charge in [0.25, 0.3) is 0 Å². The maximum atomic E-state index is 11.3. The van der Waals surface area contributed by atoms with Gasteiger partial charge in [0.05, 0.1) is 11.6 Å². The van der Waals surface area contributed by atoms with E-state index in [1.54, 1.807) is 43.6 Å². The van der Waals surface area contributed by atoms with Crippen LogP contribution in [0.5, 0.6) is 11.6 Å². The Morgan fingerprint density at radius 2 is 2.00 bits per heavy atom. The minimum atomic E-state index is -0.379. The van der Waals surface area contributed by atoms with Gasteiger partial charge in [-0.3, -0.25) is 0 Å². The molecule has 84 valence electrons. The summed E-state index contributed by atoms with van der Waals surface area (Å²) in [7, 11) is 1.61. The van der Waals surface area contributed by atoms with E-state index in [0.29, 0.717) is 11.3 Å². The molecule has 17 heavy (non-hydrogen) atoms. The van der Waals surface area contributed by atoms with Crippen LogP contribution in [0.3, 0.4) is 0 Å². The number of nitriles is 1. The molecule has 5 nitrogen and oxygen atoms in total. The lowest BCUT2D eigenvalue weighted by atomic mass is 10.2. The molecular weight excluding hydrogens is 218 g/mol. The van der Waals surface area contributed by atoms with Gasteiger partial charge < -0.3 is 9.30 Å². The van der Waals surface area contributed by atoms with Gasteiger partial charge in [-0.1, -0.05) is 0 Å². The third kappa shape index (κ3) is 2.49. The Bertz CT molecular complexity index is 623. The van der Waals surface area contributed by atoms with Gasteiger partial charge in [0.2, 0.25) is 5.88 Å². The van der Waals surface area contributed by atoms with Crippen molar-refractivity contribution in [1.82, 2.24) is 9.55 Å². The molecule has 2 aromatic rings. The first-order chi connectivity index (χ1) is 8.19. The molecule has 0 fully saturated rings. The highest BCUT2D eigenvalue weighted by Gasteiger charge is 2.00. The van der Waals surface area contributed by atoms with Crippen LogP contribution in [0.4, 0.5) is 0 Å². The zero-order valence-electron chi connectivity index (χ0n) is 9.12. The fourth-order valence-electron chi connectivity index (χ4n) is 1.22. The molecule has 2 rings (SSSR count). The lowest BCUT2D eigenvalue weighted by molar-refractivity contribution is 0.456. The van der Waals surface area contributed by atoms with Crippen LogP contribution in [0, 0.1) is 11.3 Å². The summed E-state index contributed by atoms with van der Waals surface area (Å²) < 4.78 is 6.73. The minimum Gasteiger partial charge on any atom is -0.439 e. The monoisotopic (exact) mass is 227 g/mol. The lowest BCUT2D eigenvalue weighted by Gasteiger charge is -2.04. The second kappa shape index (κ2) is 4.49. The van der Waals surface area contributed by atoms with Crippen LogP contribution in [0.2, 0.25) is 0 Å². The molecule has 0 saturated heterocycles. The van der Waals surface area contributed by atoms with Crippen molar-refractivity contribution in [2.45, 2.75) is 0 Å². The molecule has 0 spiro atoms. The Balaban J connectivity index is 2.23. The van der Waals surface area contributed by atoms with Gasteiger partial charge in [-0.2, -0.15) is 10.2 Å². The lowest BCUT2D eigenvalue weighted by Crippen LogP contribution is -2.18. The van der Waals surface area contributed by atoms with Gasteiger partial charge in [-0.15, -0.1) is 0 Å². The maximum Gasteiger partial charge on any atom is 0.350 e. The molecule has 0 bridgehead atoms. The van der Waals surface area contributed by atoms with Crippen molar-refractivity contribution in [3.05, 3.63) is 52.6 Å². The second-order valence-electron chi connectivity index (χ2n) is 3.40. The van der Waals surface area contributed by atoms with E-state index < -0.39 is 0 Å². The van der Waals surface area contributed by atoms with Crippen LogP contribution in [-0.2, 0) is 7.05 Å². The smallest absolute Gasteiger partial charge is 0.350 e. The van der Waals surface area contributed by atoms with E-state index in [1.807, 2.05) is 6.07 Å². The van der Waals surface area contributed by atoms with Gasteiger partial charge in [0.1, 0.15) is 5.75 Å². The Labute approximate surface area is 97.5 Å². The molecule has 0 N–H and O–H groups in total. The topological polar surface area (TPSA) is 67.9 Å². The van der Waals surface area contributed by atoms with Gasteiger partial charge in [-0.05, 0) is 24.3 Å². The average Bonchev–Trinajstić information content (AvgIpc) is 2.35. The standard InChI is InChI=1S/C12H9N3O2/c1-15-7-6-11(14-12(15)16)17-10-4-2-9(8-13)3-5-10/h2-7H,1H3. The Kier molecular flexibility index (Phi) is 2.88. The molecule has 0 unspecified atom stereocenters. The van der Waals surface area contributed by atoms with E-state index in [0.717, 1.165) is 0 Å². The van der Waals surface area contributed by atoms with E-state index in [2.05, 4.69) is 4.98 Å². The molecule has 1 aromatic carbocycles. The highest BCUT2D eigenvalue weighted by molar-refractivity contribution is 5.35. The summed E-state index contributed by atoms with van der Waals surface area (Å²) in [5, 5.41) is 8.64. The molecule has 0 amide bonds. The zero-order valence-corrected chi connectivity index (χ0v) is 9.12. The van der Waals surface area contributed by atoms with Crippen LogP contribution >= 0.6 is 0 Å². The number of nitrogens with zero attached hydrogens (tertiary/aromatic N) is 3. The molecular formula is C12H9N3O2. The van der Waals surface area contributed by atoms with E-state index >= 15 is 0 Å². The summed E-state index contributed by atoms with van der Waals surface area (Å²) in [5.41, 5.74) is 0.172. The van der Waals surface area contributed by atoms with E-state index in [1.165, 1.54) is 4.57 Å². The van der Waals surface area contributed by atoms with Crippen molar-refractivity contribution >= 4 is 0 Å². The Hall–Kier alpha value is -2.61. The third-order valence-electron chi connectivity index (χ3n) is 2.15. The first-order valence-corrected chi connectivity index (χ1v) is 4.91. The summed E-state index contributed by atoms with van der Waals surface area (Å²) in [5.74, 6) is 0.766. The fraction of sp³-hybridized carbons (Fsp3) is 0.0833. The SMILES string of the molecule is Cn1ccc(Oc2ccc(C#N)cc2)nc1=O. The molecule has 1 aromatic heterocycles. The summed E-state index contributed by atoms with van der Waals surface area (Å²) in [4.78, 5) is 15.0. The maximum absolute atomic E-state index is 11.3. The van der Waals surface area contributed by atoms with Crippen molar-refractivity contribution in [2.24, 2.45) is 7.05 Å². The van der Waals surface area contributed by atoms with Crippen molar-refractivity contribution in [3.8, 4) is 17.7 Å². The third-order valence-corrected chi connectivity index (χ3v) is 2.15. The number of benzene rings is 1. The quantitative estimate of drug-likeness (QED) is 0.778. The zero-order chi connectivity index (χ0) is 12.3. The molecule has 0 radical (unpaired) electrons. The molecule has 0 aliphatic carbocycles. The fourth-order valence-corrected chi connectivity index (χ4v) is 1.22. The van der Waals surface area contributed by atoms with Crippen molar-refractivity contribution in [1.29, 1.82) is 5.26 Å². The van der Waals surface area contributed by atoms with E-state index in [9.17, 15) is 4.79 Å². The van der Waals surface area contributed by atoms with Crippen molar-refractivity contribution in [3.63, 3.8) is 0 Å². The Morgan fingerprint density at radius 1 is 1.29 bits per heavy atom. The second-order valence-corrected chi connectivity index (χ2v) is 3.40. The van der Waals surface area contributed by atoms with E-state index in [4.69, 9.17) is 10.00 Å². The molecule has 5 heteroatoms. The van der Waals surface area contributed by atoms with Crippen LogP contribution < -0.4 is 10.4 Å². The van der Waals surface area contributed by atoms with E-state index in [-0.39, 0.29) is 11.6 Å². The minimum absolute atomic E-state index is 0.234. The molecule has 0 atom stereocenters. The van der Waals surface area contributed by atoms with Crippen LogP contribution in [-0.4, -0.2) is 9.55 Å². The van der Waals surface area contributed by atoms with Crippen LogP contribution in [0.25, 0.3) is 0 Å². The average molecular weight is 227 g/mol. The molecule has 1 heterocycles. The molecule has 0 aliphatic heterocycles. The summed E-state index contributed by atoms with van der Waals surface area (Å²) in [6, 6.07) is 10.2. The number of hydrogen-bond donors (Lipinski definition) is 0. The first-order valence-electron chi connectivity index (χ1n) is 4.91. The highest BCUT2D eigenvalue weighted by Crippen LogP contribution is 2.18. The number of rotatable bonds is 2. The predicted octanol–water partition coefficient (Wildman–Crippen LogP) is 1.44. The van der Waals surface area contributed by atoms with Crippen molar-refractivity contribution in [2.75, 3.05) is 0 Å². The van der Waals surface area contributed by atoms with Gasteiger partial charge in [0.15, 0.2) is 0 Å². The Morgan fingerprint density at radius 3 is 2.59 bits per heavy atom. The summed E-state index contributed by atoms with van der Waals surface area (Å²) in [6.45, 7) is 0. The number of aromatic nitrogens is 2. The number of aryl methyl sites for hydroxylation is 1. The van der Waals surface area contributed by atoms with Gasteiger partial charge in [-0.25, -0.2) is 4.79 Å². The van der Waals surface area contributed by atoms with Gasteiger partial charge >= 0.3 is 5.69 Å². The largest absolute Gasteiger partial charge is 0.439 e. The van der Waals surface area contributed by atoms with Crippen molar-refractivity contribution < 1.29 is 4.74 Å². The van der Waals surface area contributed by atoms with Gasteiger partial charge in [0, 0.05) is 19.3 Å². The summed E-state index contributed by atoms with van der Waals surface area (Å²) in [6.07, 6.45) is 1.58. The number of ether oxygens (including phenoxy) is 1. The summed E-state index contributed by atoms with van der Waals surface area (Å²) >= 11 is 0. The first kappa shape index (κ1) is 10.9. The van der Waals surface area contributed by atoms with Crippen LogP contribution in [0.15, 0.2) is 41.3 Å². The normalized spacial score (nSPS) is 9.65. The number of hydrogen-bond acceptors (Lipinski definition) is 4. The molecule has 0 aliphatic rings. The van der Waals surface area contributed by atoms with Crippen LogP contribution in [0.1, 0.15) is 5.56 Å². The molecule has 0 saturated carbocycles. The highest BCUT2D eigenvalue weighted by atomic mass is 16.5.